The van der Waals surface area contributed by atoms with E-state index in [-0.39, 0.29) is 19.6 Å². The number of aryl methyl sites for hydroxylation is 1. The molecule has 0 fully saturated rings. The average Bonchev–Trinajstić information content (AvgIpc) is 2.69. The Morgan fingerprint density at radius 3 is 3.00 bits per heavy atom. The number of thiazole rings is 1. The molecular formula is C11H12N2O3S. The monoisotopic (exact) mass is 252 g/mol. The second kappa shape index (κ2) is 6.66. The van der Waals surface area contributed by atoms with E-state index in [1.807, 2.05) is 6.92 Å². The number of terminal acetylenes is 1. The van der Waals surface area contributed by atoms with Crippen molar-refractivity contribution < 1.29 is 14.3 Å². The first-order valence-corrected chi connectivity index (χ1v) is 5.76. The van der Waals surface area contributed by atoms with Gasteiger partial charge in [-0.25, -0.2) is 4.98 Å². The molecule has 1 aromatic rings. The van der Waals surface area contributed by atoms with Crippen LogP contribution in [0.15, 0.2) is 5.38 Å². The van der Waals surface area contributed by atoms with Crippen LogP contribution in [-0.4, -0.2) is 30.0 Å². The van der Waals surface area contributed by atoms with Crippen LogP contribution in [0.4, 0.5) is 0 Å². The first-order chi connectivity index (χ1) is 8.11. The van der Waals surface area contributed by atoms with Crippen LogP contribution in [0.25, 0.3) is 0 Å². The summed E-state index contributed by atoms with van der Waals surface area (Å²) < 4.78 is 4.76. The van der Waals surface area contributed by atoms with Crippen molar-refractivity contribution >= 4 is 23.2 Å². The number of esters is 1. The van der Waals surface area contributed by atoms with Crippen LogP contribution in [0.3, 0.4) is 0 Å². The van der Waals surface area contributed by atoms with Gasteiger partial charge in [0.05, 0.1) is 23.7 Å². The zero-order chi connectivity index (χ0) is 12.7. The molecule has 0 bridgehead atoms. The standard InChI is InChI=1S/C11H12N2O3S/c1-3-4-12-10(14)6-16-11(15)5-9-7-17-8(2)13-9/h1,7H,4-6H2,2H3,(H,12,14). The summed E-state index contributed by atoms with van der Waals surface area (Å²) in [5, 5.41) is 5.07. The molecule has 0 saturated heterocycles. The third-order valence-corrected chi connectivity index (χ3v) is 2.57. The highest BCUT2D eigenvalue weighted by molar-refractivity contribution is 7.09. The number of amides is 1. The third kappa shape index (κ3) is 5.13. The summed E-state index contributed by atoms with van der Waals surface area (Å²) in [6.45, 7) is 1.66. The summed E-state index contributed by atoms with van der Waals surface area (Å²) in [4.78, 5) is 26.5. The summed E-state index contributed by atoms with van der Waals surface area (Å²) in [5.41, 5.74) is 0.654. The quantitative estimate of drug-likeness (QED) is 0.604. The van der Waals surface area contributed by atoms with Gasteiger partial charge in [-0.05, 0) is 6.92 Å². The maximum Gasteiger partial charge on any atom is 0.312 e. The van der Waals surface area contributed by atoms with Gasteiger partial charge < -0.3 is 10.1 Å². The lowest BCUT2D eigenvalue weighted by molar-refractivity contribution is -0.147. The zero-order valence-corrected chi connectivity index (χ0v) is 10.2. The molecule has 0 unspecified atom stereocenters. The van der Waals surface area contributed by atoms with Gasteiger partial charge in [-0.2, -0.15) is 0 Å². The molecule has 0 aliphatic heterocycles. The minimum absolute atomic E-state index is 0.0761. The molecule has 1 N–H and O–H groups in total. The average molecular weight is 252 g/mol. The fourth-order valence-corrected chi connectivity index (χ4v) is 1.65. The molecule has 0 aliphatic carbocycles. The lowest BCUT2D eigenvalue weighted by Gasteiger charge is -2.03. The molecule has 1 rings (SSSR count). The van der Waals surface area contributed by atoms with E-state index in [0.29, 0.717) is 5.69 Å². The van der Waals surface area contributed by atoms with Crippen LogP contribution in [0, 0.1) is 19.3 Å². The van der Waals surface area contributed by atoms with E-state index in [2.05, 4.69) is 16.2 Å². The molecule has 17 heavy (non-hydrogen) atoms. The molecule has 6 heteroatoms. The Kier molecular flexibility index (Phi) is 5.17. The van der Waals surface area contributed by atoms with Gasteiger partial charge >= 0.3 is 5.97 Å². The Hall–Kier alpha value is -1.87. The molecule has 0 aromatic carbocycles. The molecule has 1 aromatic heterocycles. The molecular weight excluding hydrogens is 240 g/mol. The van der Waals surface area contributed by atoms with Crippen molar-refractivity contribution in [3.05, 3.63) is 16.1 Å². The number of ether oxygens (including phenoxy) is 1. The Labute approximate surface area is 103 Å². The van der Waals surface area contributed by atoms with Gasteiger partial charge in [-0.3, -0.25) is 9.59 Å². The SMILES string of the molecule is C#CCNC(=O)COC(=O)Cc1csc(C)n1. The number of carbonyl (C=O) groups excluding carboxylic acids is 2. The van der Waals surface area contributed by atoms with E-state index in [0.717, 1.165) is 5.01 Å². The molecule has 0 saturated carbocycles. The molecule has 0 aliphatic rings. The van der Waals surface area contributed by atoms with Crippen molar-refractivity contribution in [2.24, 2.45) is 0 Å². The van der Waals surface area contributed by atoms with Crippen LogP contribution >= 0.6 is 11.3 Å². The van der Waals surface area contributed by atoms with Crippen LogP contribution < -0.4 is 5.32 Å². The Morgan fingerprint density at radius 1 is 1.65 bits per heavy atom. The van der Waals surface area contributed by atoms with Gasteiger partial charge in [0.25, 0.3) is 5.91 Å². The summed E-state index contributed by atoms with van der Waals surface area (Å²) >= 11 is 1.46. The van der Waals surface area contributed by atoms with E-state index in [1.54, 1.807) is 5.38 Å². The van der Waals surface area contributed by atoms with E-state index in [9.17, 15) is 9.59 Å². The topological polar surface area (TPSA) is 68.3 Å². The normalized spacial score (nSPS) is 9.41. The molecule has 1 heterocycles. The van der Waals surface area contributed by atoms with Crippen molar-refractivity contribution in [3.8, 4) is 12.3 Å². The van der Waals surface area contributed by atoms with Gasteiger partial charge in [-0.15, -0.1) is 17.8 Å². The number of hydrogen-bond donors (Lipinski definition) is 1. The molecule has 0 atom stereocenters. The first-order valence-electron chi connectivity index (χ1n) is 4.88. The molecule has 90 valence electrons. The predicted molar refractivity (Wildman–Crippen MR) is 63.4 cm³/mol. The fraction of sp³-hybridized carbons (Fsp3) is 0.364. The highest BCUT2D eigenvalue weighted by atomic mass is 32.1. The summed E-state index contributed by atoms with van der Waals surface area (Å²) in [5.74, 6) is 1.36. The minimum atomic E-state index is -0.480. The molecule has 0 spiro atoms. The molecule has 1 amide bonds. The summed E-state index contributed by atoms with van der Waals surface area (Å²) in [6, 6.07) is 0. The Morgan fingerprint density at radius 2 is 2.41 bits per heavy atom. The van der Waals surface area contributed by atoms with Crippen molar-refractivity contribution in [2.45, 2.75) is 13.3 Å². The number of hydrogen-bond acceptors (Lipinski definition) is 5. The van der Waals surface area contributed by atoms with Crippen LogP contribution in [0.2, 0.25) is 0 Å². The molecule has 5 nitrogen and oxygen atoms in total. The smallest absolute Gasteiger partial charge is 0.312 e. The predicted octanol–water partition coefficient (Wildman–Crippen LogP) is 0.287. The first kappa shape index (κ1) is 13.2. The van der Waals surface area contributed by atoms with Gasteiger partial charge in [0.1, 0.15) is 0 Å². The maximum atomic E-state index is 11.3. The van der Waals surface area contributed by atoms with Crippen molar-refractivity contribution in [1.29, 1.82) is 0 Å². The van der Waals surface area contributed by atoms with E-state index in [1.165, 1.54) is 11.3 Å². The third-order valence-electron chi connectivity index (χ3n) is 1.74. The van der Waals surface area contributed by atoms with Crippen LogP contribution in [-0.2, 0) is 20.7 Å². The van der Waals surface area contributed by atoms with Gasteiger partial charge in [-0.1, -0.05) is 5.92 Å². The largest absolute Gasteiger partial charge is 0.455 e. The van der Waals surface area contributed by atoms with Crippen molar-refractivity contribution in [2.75, 3.05) is 13.2 Å². The zero-order valence-electron chi connectivity index (χ0n) is 9.36. The minimum Gasteiger partial charge on any atom is -0.455 e. The molecule has 0 radical (unpaired) electrons. The van der Waals surface area contributed by atoms with Gasteiger partial charge in [0.15, 0.2) is 6.61 Å². The Balaban J connectivity index is 2.26. The lowest BCUT2D eigenvalue weighted by atomic mass is 10.3. The highest BCUT2D eigenvalue weighted by Crippen LogP contribution is 2.08. The lowest BCUT2D eigenvalue weighted by Crippen LogP contribution is -2.29. The number of aromatic nitrogens is 1. The number of nitrogens with one attached hydrogen (secondary N) is 1. The second-order valence-corrected chi connectivity index (χ2v) is 4.24. The van der Waals surface area contributed by atoms with Crippen molar-refractivity contribution in [3.63, 3.8) is 0 Å². The van der Waals surface area contributed by atoms with Gasteiger partial charge in [0.2, 0.25) is 0 Å². The fourth-order valence-electron chi connectivity index (χ4n) is 1.04. The van der Waals surface area contributed by atoms with E-state index >= 15 is 0 Å². The van der Waals surface area contributed by atoms with Gasteiger partial charge in [0, 0.05) is 5.38 Å². The van der Waals surface area contributed by atoms with E-state index in [4.69, 9.17) is 11.2 Å². The summed E-state index contributed by atoms with van der Waals surface area (Å²) in [6.07, 6.45) is 5.03. The number of nitrogens with zero attached hydrogens (tertiary/aromatic N) is 1. The number of carbonyl (C=O) groups is 2. The van der Waals surface area contributed by atoms with Crippen LogP contribution in [0.1, 0.15) is 10.7 Å². The van der Waals surface area contributed by atoms with Crippen molar-refractivity contribution in [1.82, 2.24) is 10.3 Å². The summed E-state index contributed by atoms with van der Waals surface area (Å²) in [7, 11) is 0. The van der Waals surface area contributed by atoms with E-state index < -0.39 is 11.9 Å². The number of rotatable bonds is 5. The van der Waals surface area contributed by atoms with Crippen LogP contribution in [0.5, 0.6) is 0 Å². The second-order valence-electron chi connectivity index (χ2n) is 3.18. The maximum absolute atomic E-state index is 11.3. The Bertz CT molecular complexity index is 448. The highest BCUT2D eigenvalue weighted by Gasteiger charge is 2.09.